The first-order valence-electron chi connectivity index (χ1n) is 8.53. The first-order chi connectivity index (χ1) is 13.3. The number of aromatic nitrogens is 4. The number of aromatic amines is 1. The number of carbonyl (C=O) groups excluding carboxylic acids is 2. The minimum absolute atomic E-state index is 0.0204. The zero-order chi connectivity index (χ0) is 20.4. The van der Waals surface area contributed by atoms with E-state index in [0.29, 0.717) is 0 Å². The standard InChI is InChI=1S/C18H19N5O5/c1-4-28-16(26)15(25)23(10-11-8-6-5-7-9-11)17-19-12-13(20-17)21(2)18(27)22(3)14(12)24/h5-9H,4,10H2,1-3H3,(H,19,20). The Kier molecular flexibility index (Phi) is 5.12. The molecule has 0 bridgehead atoms. The molecule has 0 aliphatic rings. The molecule has 0 unspecified atom stereocenters. The lowest BCUT2D eigenvalue weighted by atomic mass is 10.2. The molecule has 2 aromatic heterocycles. The van der Waals surface area contributed by atoms with E-state index < -0.39 is 23.1 Å². The number of hydrogen-bond acceptors (Lipinski definition) is 6. The molecule has 0 atom stereocenters. The highest BCUT2D eigenvalue weighted by Gasteiger charge is 2.28. The summed E-state index contributed by atoms with van der Waals surface area (Å²) in [5, 5.41) is 0. The Balaban J connectivity index is 2.14. The van der Waals surface area contributed by atoms with Gasteiger partial charge in [-0.1, -0.05) is 30.3 Å². The van der Waals surface area contributed by atoms with Gasteiger partial charge in [0, 0.05) is 14.1 Å². The second-order valence-corrected chi connectivity index (χ2v) is 6.06. The maximum atomic E-state index is 12.7. The molecule has 0 radical (unpaired) electrons. The van der Waals surface area contributed by atoms with E-state index in [9.17, 15) is 19.2 Å². The van der Waals surface area contributed by atoms with Gasteiger partial charge in [0.05, 0.1) is 13.2 Å². The van der Waals surface area contributed by atoms with Crippen LogP contribution in [0.2, 0.25) is 0 Å². The maximum Gasteiger partial charge on any atom is 0.397 e. The van der Waals surface area contributed by atoms with E-state index in [2.05, 4.69) is 9.97 Å². The number of rotatable bonds is 4. The molecule has 1 N–H and O–H groups in total. The van der Waals surface area contributed by atoms with Gasteiger partial charge in [-0.25, -0.2) is 9.59 Å². The number of carbonyl (C=O) groups is 2. The van der Waals surface area contributed by atoms with Gasteiger partial charge in [0.25, 0.3) is 5.56 Å². The quantitative estimate of drug-likeness (QED) is 0.501. The van der Waals surface area contributed by atoms with Crippen LogP contribution in [-0.4, -0.2) is 37.6 Å². The SMILES string of the molecule is CCOC(=O)C(=O)N(Cc1ccccc1)c1nc2c([nH]1)c(=O)n(C)c(=O)n2C. The number of esters is 1. The van der Waals surface area contributed by atoms with Gasteiger partial charge in [0.2, 0.25) is 5.95 Å². The number of hydrogen-bond donors (Lipinski definition) is 1. The lowest BCUT2D eigenvalue weighted by molar-refractivity contribution is -0.153. The van der Waals surface area contributed by atoms with E-state index in [0.717, 1.165) is 15.0 Å². The van der Waals surface area contributed by atoms with Crippen molar-refractivity contribution in [1.29, 1.82) is 0 Å². The van der Waals surface area contributed by atoms with Crippen LogP contribution in [0, 0.1) is 0 Å². The summed E-state index contributed by atoms with van der Waals surface area (Å²) < 4.78 is 6.93. The van der Waals surface area contributed by atoms with Crippen molar-refractivity contribution in [3.05, 3.63) is 56.7 Å². The minimum atomic E-state index is -1.04. The van der Waals surface area contributed by atoms with Crippen LogP contribution in [0.3, 0.4) is 0 Å². The Morgan fingerprint density at radius 2 is 1.82 bits per heavy atom. The van der Waals surface area contributed by atoms with Gasteiger partial charge in [-0.05, 0) is 12.5 Å². The van der Waals surface area contributed by atoms with Crippen LogP contribution < -0.4 is 16.1 Å². The van der Waals surface area contributed by atoms with E-state index in [4.69, 9.17) is 4.74 Å². The van der Waals surface area contributed by atoms with Gasteiger partial charge < -0.3 is 9.72 Å². The molecule has 10 heteroatoms. The number of anilines is 1. The van der Waals surface area contributed by atoms with E-state index in [1.165, 1.54) is 18.7 Å². The van der Waals surface area contributed by atoms with Crippen molar-refractivity contribution in [3.8, 4) is 0 Å². The third-order valence-electron chi connectivity index (χ3n) is 4.22. The molecule has 0 fully saturated rings. The summed E-state index contributed by atoms with van der Waals surface area (Å²) in [5.41, 5.74) is -0.267. The highest BCUT2D eigenvalue weighted by Crippen LogP contribution is 2.17. The van der Waals surface area contributed by atoms with Gasteiger partial charge in [-0.2, -0.15) is 4.98 Å². The molecule has 0 aliphatic heterocycles. The lowest BCUT2D eigenvalue weighted by Crippen LogP contribution is -2.38. The van der Waals surface area contributed by atoms with Crippen LogP contribution >= 0.6 is 0 Å². The fraction of sp³-hybridized carbons (Fsp3) is 0.278. The first kappa shape index (κ1) is 19.1. The van der Waals surface area contributed by atoms with E-state index in [1.807, 2.05) is 6.07 Å². The molecule has 28 heavy (non-hydrogen) atoms. The molecule has 0 saturated carbocycles. The van der Waals surface area contributed by atoms with E-state index in [-0.39, 0.29) is 30.3 Å². The summed E-state index contributed by atoms with van der Waals surface area (Å²) in [4.78, 5) is 57.3. The van der Waals surface area contributed by atoms with Gasteiger partial charge in [0.1, 0.15) is 0 Å². The van der Waals surface area contributed by atoms with Crippen molar-refractivity contribution in [3.63, 3.8) is 0 Å². The van der Waals surface area contributed by atoms with Crippen molar-refractivity contribution in [1.82, 2.24) is 19.1 Å². The summed E-state index contributed by atoms with van der Waals surface area (Å²) in [6, 6.07) is 8.97. The van der Waals surface area contributed by atoms with Crippen molar-refractivity contribution < 1.29 is 14.3 Å². The number of H-pyrrole nitrogens is 1. The van der Waals surface area contributed by atoms with Gasteiger partial charge in [0.15, 0.2) is 11.2 Å². The Morgan fingerprint density at radius 1 is 1.14 bits per heavy atom. The number of fused-ring (bicyclic) bond motifs is 1. The lowest BCUT2D eigenvalue weighted by Gasteiger charge is -2.18. The van der Waals surface area contributed by atoms with Crippen LogP contribution in [0.5, 0.6) is 0 Å². The predicted molar refractivity (Wildman–Crippen MR) is 101 cm³/mol. The summed E-state index contributed by atoms with van der Waals surface area (Å²) in [6.45, 7) is 1.65. The van der Waals surface area contributed by atoms with Crippen molar-refractivity contribution in [2.45, 2.75) is 13.5 Å². The first-order valence-corrected chi connectivity index (χ1v) is 8.53. The summed E-state index contributed by atoms with van der Waals surface area (Å²) in [7, 11) is 2.81. The van der Waals surface area contributed by atoms with Gasteiger partial charge in [-0.3, -0.25) is 23.6 Å². The molecule has 146 valence electrons. The van der Waals surface area contributed by atoms with Gasteiger partial charge >= 0.3 is 17.6 Å². The predicted octanol–water partition coefficient (Wildman–Crippen LogP) is 0.0566. The zero-order valence-corrected chi connectivity index (χ0v) is 15.6. The highest BCUT2D eigenvalue weighted by atomic mass is 16.5. The number of nitrogens with zero attached hydrogens (tertiary/aromatic N) is 4. The second kappa shape index (κ2) is 7.51. The Morgan fingerprint density at radius 3 is 2.46 bits per heavy atom. The number of benzene rings is 1. The van der Waals surface area contributed by atoms with E-state index >= 15 is 0 Å². The smallest absolute Gasteiger partial charge is 0.397 e. The Bertz CT molecular complexity index is 1160. The molecule has 1 aromatic carbocycles. The number of ether oxygens (including phenoxy) is 1. The Labute approximate surface area is 159 Å². The van der Waals surface area contributed by atoms with Crippen molar-refractivity contribution >= 4 is 29.0 Å². The molecule has 0 saturated heterocycles. The van der Waals surface area contributed by atoms with Crippen LogP contribution in [0.15, 0.2) is 39.9 Å². The fourth-order valence-electron chi connectivity index (χ4n) is 2.75. The fourth-order valence-corrected chi connectivity index (χ4v) is 2.75. The monoisotopic (exact) mass is 385 g/mol. The zero-order valence-electron chi connectivity index (χ0n) is 15.6. The largest absolute Gasteiger partial charge is 0.459 e. The number of imidazole rings is 1. The second-order valence-electron chi connectivity index (χ2n) is 6.06. The Hall–Kier alpha value is -3.69. The molecule has 1 amide bonds. The van der Waals surface area contributed by atoms with Crippen LogP contribution in [0.25, 0.3) is 11.2 Å². The van der Waals surface area contributed by atoms with Crippen molar-refractivity contribution in [2.24, 2.45) is 14.1 Å². The maximum absolute atomic E-state index is 12.7. The van der Waals surface area contributed by atoms with Crippen LogP contribution in [0.4, 0.5) is 5.95 Å². The number of nitrogens with one attached hydrogen (secondary N) is 1. The van der Waals surface area contributed by atoms with Crippen molar-refractivity contribution in [2.75, 3.05) is 11.5 Å². The van der Waals surface area contributed by atoms with Crippen LogP contribution in [-0.2, 0) is 35.0 Å². The third-order valence-corrected chi connectivity index (χ3v) is 4.22. The highest BCUT2D eigenvalue weighted by molar-refractivity contribution is 6.37. The summed E-state index contributed by atoms with van der Waals surface area (Å²) in [5.74, 6) is -2.01. The molecule has 0 aliphatic carbocycles. The molecular formula is C18H19N5O5. The summed E-state index contributed by atoms with van der Waals surface area (Å²) >= 11 is 0. The topological polar surface area (TPSA) is 119 Å². The number of amides is 1. The normalized spacial score (nSPS) is 10.8. The van der Waals surface area contributed by atoms with E-state index in [1.54, 1.807) is 31.2 Å². The third kappa shape index (κ3) is 3.31. The minimum Gasteiger partial charge on any atom is -0.459 e. The molecule has 10 nitrogen and oxygen atoms in total. The molecule has 0 spiro atoms. The number of aryl methyl sites for hydroxylation is 1. The molecule has 3 rings (SSSR count). The summed E-state index contributed by atoms with van der Waals surface area (Å²) in [6.07, 6.45) is 0. The van der Waals surface area contributed by atoms with Crippen LogP contribution in [0.1, 0.15) is 12.5 Å². The average Bonchev–Trinajstić information content (AvgIpc) is 3.14. The van der Waals surface area contributed by atoms with Gasteiger partial charge in [-0.15, -0.1) is 0 Å². The molecular weight excluding hydrogens is 366 g/mol. The molecule has 3 aromatic rings. The molecule has 2 heterocycles. The average molecular weight is 385 g/mol.